The first-order valence-corrected chi connectivity index (χ1v) is 15.0. The van der Waals surface area contributed by atoms with Gasteiger partial charge in [-0.05, 0) is 25.1 Å². The molecule has 0 saturated heterocycles. The molecule has 0 aliphatic carbocycles. The number of hydrogen-bond acceptors (Lipinski definition) is 8. The fourth-order valence-corrected chi connectivity index (χ4v) is 4.74. The molecule has 0 aromatic carbocycles. The zero-order valence-corrected chi connectivity index (χ0v) is 21.0. The number of halogens is 3. The molecule has 0 atom stereocenters. The maximum Gasteiger partial charge on any atom is 0.419 e. The Balaban J connectivity index is 1.83. The van der Waals surface area contributed by atoms with E-state index in [0.717, 1.165) is 11.1 Å². The minimum absolute atomic E-state index is 0.133. The summed E-state index contributed by atoms with van der Waals surface area (Å²) in [6.45, 7) is 9.26. The highest BCUT2D eigenvalue weighted by Gasteiger charge is 2.36. The summed E-state index contributed by atoms with van der Waals surface area (Å²) >= 11 is 1.38. The van der Waals surface area contributed by atoms with Crippen molar-refractivity contribution in [1.29, 1.82) is 0 Å². The van der Waals surface area contributed by atoms with Gasteiger partial charge in [0.15, 0.2) is 5.01 Å². The van der Waals surface area contributed by atoms with Gasteiger partial charge in [-0.3, -0.25) is 0 Å². The van der Waals surface area contributed by atoms with Crippen LogP contribution in [0.3, 0.4) is 0 Å². The Morgan fingerprint density at radius 3 is 2.56 bits per heavy atom. The van der Waals surface area contributed by atoms with Crippen molar-refractivity contribution in [3.63, 3.8) is 0 Å². The van der Waals surface area contributed by atoms with E-state index in [0.29, 0.717) is 34.5 Å². The van der Waals surface area contributed by atoms with Crippen LogP contribution in [0.5, 0.6) is 0 Å². The first kappa shape index (κ1) is 24.2. The summed E-state index contributed by atoms with van der Waals surface area (Å²) in [7, 11) is -1.30. The van der Waals surface area contributed by atoms with Crippen molar-refractivity contribution in [2.75, 3.05) is 12.3 Å². The van der Waals surface area contributed by atoms with Gasteiger partial charge in [-0.2, -0.15) is 13.2 Å². The average molecular weight is 508 g/mol. The van der Waals surface area contributed by atoms with Crippen LogP contribution >= 0.6 is 11.3 Å². The third kappa shape index (κ3) is 5.26. The lowest BCUT2D eigenvalue weighted by Gasteiger charge is -2.15. The molecule has 0 radical (unpaired) electrons. The summed E-state index contributed by atoms with van der Waals surface area (Å²) in [4.78, 5) is 12.2. The number of nitrogen functional groups attached to an aromatic ring is 1. The number of aromatic nitrogens is 6. The molecule has 0 aliphatic rings. The second-order valence-electron chi connectivity index (χ2n) is 9.04. The molecular weight excluding hydrogens is 483 g/mol. The van der Waals surface area contributed by atoms with E-state index in [1.54, 1.807) is 22.9 Å². The standard InChI is InChI=1S/C21H24F3N7OSSi/c1-12-29-30-19(33-12)16-6-5-13-14(17-15(21(22,23)24)9-26-20(25)28-17)10-31(18(13)27-16)11-32-7-8-34(2,3)4/h5-6,9-10H,7-8,11H2,1-4H3,(H2,25,26,28). The van der Waals surface area contributed by atoms with E-state index in [2.05, 4.69) is 39.8 Å². The van der Waals surface area contributed by atoms with Crippen LogP contribution in [-0.4, -0.2) is 44.4 Å². The SMILES string of the molecule is Cc1nnc(-c2ccc3c(-c4nc(N)ncc4C(F)(F)F)cn(COCC[Si](C)(C)C)c3n2)s1. The van der Waals surface area contributed by atoms with Gasteiger partial charge in [0.05, 0.1) is 5.69 Å². The average Bonchev–Trinajstić information content (AvgIpc) is 3.33. The number of fused-ring (bicyclic) bond motifs is 1. The van der Waals surface area contributed by atoms with Crippen molar-refractivity contribution in [2.24, 2.45) is 0 Å². The maximum absolute atomic E-state index is 13.7. The molecule has 0 saturated carbocycles. The van der Waals surface area contributed by atoms with Crippen molar-refractivity contribution < 1.29 is 17.9 Å². The van der Waals surface area contributed by atoms with E-state index >= 15 is 0 Å². The molecule has 4 aromatic heterocycles. The maximum atomic E-state index is 13.7. The molecular formula is C21H24F3N7OSSi. The number of rotatable bonds is 7. The minimum Gasteiger partial charge on any atom is -0.368 e. The van der Waals surface area contributed by atoms with Gasteiger partial charge in [-0.15, -0.1) is 10.2 Å². The van der Waals surface area contributed by atoms with Gasteiger partial charge in [0.25, 0.3) is 0 Å². The third-order valence-corrected chi connectivity index (χ3v) is 7.63. The zero-order chi connectivity index (χ0) is 24.7. The van der Waals surface area contributed by atoms with Crippen LogP contribution in [0.2, 0.25) is 25.7 Å². The molecule has 180 valence electrons. The monoisotopic (exact) mass is 507 g/mol. The second-order valence-corrected chi connectivity index (χ2v) is 15.8. The number of alkyl halides is 3. The van der Waals surface area contributed by atoms with Crippen LogP contribution in [-0.2, 0) is 17.6 Å². The van der Waals surface area contributed by atoms with Crippen molar-refractivity contribution >= 4 is 36.4 Å². The lowest BCUT2D eigenvalue weighted by molar-refractivity contribution is -0.137. The molecule has 13 heteroatoms. The number of pyridine rings is 1. The number of nitrogens with two attached hydrogens (primary N) is 1. The summed E-state index contributed by atoms with van der Waals surface area (Å²) < 4.78 is 48.8. The van der Waals surface area contributed by atoms with Gasteiger partial charge in [0, 0.05) is 38.0 Å². The molecule has 34 heavy (non-hydrogen) atoms. The van der Waals surface area contributed by atoms with Gasteiger partial charge >= 0.3 is 6.18 Å². The molecule has 0 fully saturated rings. The number of anilines is 1. The number of hydrogen-bond donors (Lipinski definition) is 1. The molecule has 4 rings (SSSR count). The Bertz CT molecular complexity index is 1330. The summed E-state index contributed by atoms with van der Waals surface area (Å²) in [5.41, 5.74) is 5.66. The molecule has 0 aliphatic heterocycles. The third-order valence-electron chi connectivity index (χ3n) is 5.06. The molecule has 4 heterocycles. The lowest BCUT2D eigenvalue weighted by atomic mass is 10.1. The number of ether oxygens (including phenoxy) is 1. The number of aryl methyl sites for hydroxylation is 1. The minimum atomic E-state index is -4.65. The van der Waals surface area contributed by atoms with Crippen LogP contribution in [0.4, 0.5) is 19.1 Å². The topological polar surface area (TPSA) is 105 Å². The van der Waals surface area contributed by atoms with E-state index in [9.17, 15) is 13.2 Å². The largest absolute Gasteiger partial charge is 0.419 e. The highest BCUT2D eigenvalue weighted by atomic mass is 32.1. The van der Waals surface area contributed by atoms with Crippen LogP contribution in [0.15, 0.2) is 24.5 Å². The van der Waals surface area contributed by atoms with Crippen molar-refractivity contribution in [3.8, 4) is 22.0 Å². The van der Waals surface area contributed by atoms with Gasteiger partial charge in [-0.1, -0.05) is 31.0 Å². The second kappa shape index (κ2) is 9.04. The Hall–Kier alpha value is -2.90. The smallest absolute Gasteiger partial charge is 0.368 e. The first-order valence-electron chi connectivity index (χ1n) is 10.5. The van der Waals surface area contributed by atoms with E-state index in [1.807, 2.05) is 6.92 Å². The van der Waals surface area contributed by atoms with Gasteiger partial charge in [0.2, 0.25) is 5.95 Å². The van der Waals surface area contributed by atoms with Gasteiger partial charge < -0.3 is 15.0 Å². The van der Waals surface area contributed by atoms with Crippen LogP contribution in [0.25, 0.3) is 33.0 Å². The first-order chi connectivity index (χ1) is 15.9. The Morgan fingerprint density at radius 2 is 1.91 bits per heavy atom. The summed E-state index contributed by atoms with van der Waals surface area (Å²) in [5, 5.41) is 10.1. The summed E-state index contributed by atoms with van der Waals surface area (Å²) in [6.07, 6.45) is -2.38. The molecule has 0 spiro atoms. The highest BCUT2D eigenvalue weighted by molar-refractivity contribution is 7.14. The summed E-state index contributed by atoms with van der Waals surface area (Å²) in [6, 6.07) is 4.38. The molecule has 0 bridgehead atoms. The van der Waals surface area contributed by atoms with E-state index in [4.69, 9.17) is 15.5 Å². The number of nitrogens with zero attached hydrogens (tertiary/aromatic N) is 6. The van der Waals surface area contributed by atoms with Crippen LogP contribution in [0.1, 0.15) is 10.6 Å². The molecule has 0 unspecified atom stereocenters. The fraction of sp³-hybridized carbons (Fsp3) is 0.381. The predicted molar refractivity (Wildman–Crippen MR) is 128 cm³/mol. The van der Waals surface area contributed by atoms with Crippen LogP contribution in [0, 0.1) is 6.92 Å². The Kier molecular flexibility index (Phi) is 6.44. The van der Waals surface area contributed by atoms with Gasteiger partial charge in [-0.25, -0.2) is 15.0 Å². The summed E-state index contributed by atoms with van der Waals surface area (Å²) in [5.74, 6) is -0.246. The van der Waals surface area contributed by atoms with Crippen molar-refractivity contribution in [1.82, 2.24) is 29.7 Å². The Labute approximate surface area is 199 Å². The molecule has 8 nitrogen and oxygen atoms in total. The highest BCUT2D eigenvalue weighted by Crippen LogP contribution is 2.39. The predicted octanol–water partition coefficient (Wildman–Crippen LogP) is 5.23. The lowest BCUT2D eigenvalue weighted by Crippen LogP contribution is -2.22. The van der Waals surface area contributed by atoms with E-state index in [-0.39, 0.29) is 23.9 Å². The van der Waals surface area contributed by atoms with Crippen molar-refractivity contribution in [3.05, 3.63) is 35.1 Å². The molecule has 0 amide bonds. The van der Waals surface area contributed by atoms with Gasteiger partial charge in [0.1, 0.15) is 28.6 Å². The molecule has 2 N–H and O–H groups in total. The fourth-order valence-electron chi connectivity index (χ4n) is 3.32. The van der Waals surface area contributed by atoms with E-state index in [1.165, 1.54) is 11.3 Å². The van der Waals surface area contributed by atoms with Crippen molar-refractivity contribution in [2.45, 2.75) is 45.5 Å². The normalized spacial score (nSPS) is 12.6. The zero-order valence-electron chi connectivity index (χ0n) is 19.1. The quantitative estimate of drug-likeness (QED) is 0.270. The van der Waals surface area contributed by atoms with E-state index < -0.39 is 19.8 Å². The van der Waals surface area contributed by atoms with Crippen LogP contribution < -0.4 is 5.73 Å². The Morgan fingerprint density at radius 1 is 1.15 bits per heavy atom. The molecule has 4 aromatic rings.